The maximum Gasteiger partial charge on any atom is 0.339 e. The second kappa shape index (κ2) is 9.16. The number of nitrogens with one attached hydrogen (secondary N) is 1. The average molecular weight is 453 g/mol. The van der Waals surface area contributed by atoms with E-state index in [-0.39, 0.29) is 0 Å². The van der Waals surface area contributed by atoms with Crippen LogP contribution in [-0.2, 0) is 9.53 Å². The molecule has 0 radical (unpaired) electrons. The summed E-state index contributed by atoms with van der Waals surface area (Å²) in [7, 11) is 1.51. The highest BCUT2D eigenvalue weighted by molar-refractivity contribution is 7.13. The Labute approximate surface area is 187 Å². The molecule has 0 aliphatic rings. The van der Waals surface area contributed by atoms with E-state index in [4.69, 9.17) is 21.1 Å². The molecular weight excluding hydrogens is 436 g/mol. The van der Waals surface area contributed by atoms with E-state index in [1.54, 1.807) is 30.3 Å². The van der Waals surface area contributed by atoms with Crippen LogP contribution in [-0.4, -0.2) is 30.6 Å². The summed E-state index contributed by atoms with van der Waals surface area (Å²) in [6, 6.07) is 17.7. The van der Waals surface area contributed by atoms with Gasteiger partial charge in [-0.3, -0.25) is 4.79 Å². The number of esters is 1. The van der Waals surface area contributed by atoms with Crippen LogP contribution in [0, 0.1) is 0 Å². The van der Waals surface area contributed by atoms with Crippen LogP contribution < -0.4 is 10.1 Å². The van der Waals surface area contributed by atoms with Crippen LogP contribution in [0.1, 0.15) is 10.4 Å². The summed E-state index contributed by atoms with van der Waals surface area (Å²) in [4.78, 5) is 30.6. The van der Waals surface area contributed by atoms with Gasteiger partial charge in [0.1, 0.15) is 5.75 Å². The van der Waals surface area contributed by atoms with Crippen LogP contribution in [0.3, 0.4) is 0 Å². The number of methoxy groups -OCH3 is 1. The SMILES string of the molecule is COc1ccc(NC(=O)COC(=O)c2cc(-c3cccs3)nc3ccccc23)cc1Cl. The molecule has 156 valence electrons. The lowest BCUT2D eigenvalue weighted by molar-refractivity contribution is -0.119. The van der Waals surface area contributed by atoms with Gasteiger partial charge in [0, 0.05) is 11.1 Å². The Bertz CT molecular complexity index is 1260. The standard InChI is InChI=1S/C23H17ClN2O4S/c1-29-20-9-8-14(11-17(20)24)25-22(27)13-30-23(28)16-12-19(21-7-4-10-31-21)26-18-6-3-2-5-15(16)18/h2-12H,13H2,1H3,(H,25,27). The van der Waals surface area contributed by atoms with Crippen LogP contribution in [0.4, 0.5) is 5.69 Å². The fourth-order valence-corrected chi connectivity index (χ4v) is 3.99. The normalized spacial score (nSPS) is 10.6. The Balaban J connectivity index is 1.50. The minimum absolute atomic E-state index is 0.356. The number of benzene rings is 2. The number of amides is 1. The number of anilines is 1. The van der Waals surface area contributed by atoms with Gasteiger partial charge in [-0.15, -0.1) is 11.3 Å². The third kappa shape index (κ3) is 4.68. The molecule has 6 nitrogen and oxygen atoms in total. The van der Waals surface area contributed by atoms with Crippen molar-refractivity contribution in [1.29, 1.82) is 0 Å². The first-order valence-electron chi connectivity index (χ1n) is 9.29. The van der Waals surface area contributed by atoms with Crippen molar-refractivity contribution in [3.05, 3.63) is 76.6 Å². The molecule has 0 saturated carbocycles. The first-order chi connectivity index (χ1) is 15.0. The number of aromatic nitrogens is 1. The van der Waals surface area contributed by atoms with Crippen LogP contribution in [0.2, 0.25) is 5.02 Å². The molecule has 4 rings (SSSR count). The molecule has 4 aromatic rings. The van der Waals surface area contributed by atoms with Crippen molar-refractivity contribution in [1.82, 2.24) is 4.98 Å². The number of ether oxygens (including phenoxy) is 2. The number of nitrogens with zero attached hydrogens (tertiary/aromatic N) is 1. The van der Waals surface area contributed by atoms with Crippen molar-refractivity contribution in [2.24, 2.45) is 0 Å². The Morgan fingerprint density at radius 1 is 1.10 bits per heavy atom. The molecule has 0 saturated heterocycles. The van der Waals surface area contributed by atoms with Crippen molar-refractivity contribution in [3.63, 3.8) is 0 Å². The number of pyridine rings is 1. The summed E-state index contributed by atoms with van der Waals surface area (Å²) in [5, 5.41) is 5.61. The van der Waals surface area contributed by atoms with Crippen molar-refractivity contribution < 1.29 is 19.1 Å². The molecule has 2 aromatic carbocycles. The van der Waals surface area contributed by atoms with E-state index in [1.807, 2.05) is 35.7 Å². The molecular formula is C23H17ClN2O4S. The number of rotatable bonds is 6. The molecule has 0 fully saturated rings. The topological polar surface area (TPSA) is 77.5 Å². The third-order valence-corrected chi connectivity index (χ3v) is 5.67. The number of halogens is 1. The van der Waals surface area contributed by atoms with E-state index in [2.05, 4.69) is 10.3 Å². The minimum Gasteiger partial charge on any atom is -0.495 e. The molecule has 0 aliphatic heterocycles. The Morgan fingerprint density at radius 2 is 1.94 bits per heavy atom. The van der Waals surface area contributed by atoms with Crippen LogP contribution in [0.25, 0.3) is 21.5 Å². The largest absolute Gasteiger partial charge is 0.495 e. The molecule has 0 spiro atoms. The Hall–Kier alpha value is -3.42. The highest BCUT2D eigenvalue weighted by Gasteiger charge is 2.17. The first kappa shape index (κ1) is 20.8. The second-order valence-electron chi connectivity index (χ2n) is 6.52. The highest BCUT2D eigenvalue weighted by Crippen LogP contribution is 2.29. The molecule has 31 heavy (non-hydrogen) atoms. The summed E-state index contributed by atoms with van der Waals surface area (Å²) in [5.41, 5.74) is 2.19. The zero-order chi connectivity index (χ0) is 21.8. The quantitative estimate of drug-likeness (QED) is 0.395. The minimum atomic E-state index is -0.598. The van der Waals surface area contributed by atoms with Gasteiger partial charge >= 0.3 is 5.97 Å². The molecule has 0 unspecified atom stereocenters. The zero-order valence-electron chi connectivity index (χ0n) is 16.4. The van der Waals surface area contributed by atoms with Gasteiger partial charge < -0.3 is 14.8 Å². The maximum absolute atomic E-state index is 12.8. The number of fused-ring (bicyclic) bond motifs is 1. The van der Waals surface area contributed by atoms with Crippen molar-refractivity contribution in [2.75, 3.05) is 19.0 Å². The van der Waals surface area contributed by atoms with E-state index >= 15 is 0 Å². The summed E-state index contributed by atoms with van der Waals surface area (Å²) in [6.07, 6.45) is 0. The van der Waals surface area contributed by atoms with Crippen molar-refractivity contribution >= 4 is 51.4 Å². The highest BCUT2D eigenvalue weighted by atomic mass is 35.5. The molecule has 0 bridgehead atoms. The van der Waals surface area contributed by atoms with Crippen LogP contribution in [0.5, 0.6) is 5.75 Å². The van der Waals surface area contributed by atoms with Gasteiger partial charge in [-0.2, -0.15) is 0 Å². The molecule has 1 amide bonds. The lowest BCUT2D eigenvalue weighted by atomic mass is 10.1. The van der Waals surface area contributed by atoms with E-state index in [1.165, 1.54) is 18.4 Å². The zero-order valence-corrected chi connectivity index (χ0v) is 18.0. The summed E-state index contributed by atoms with van der Waals surface area (Å²) in [5.74, 6) is -0.581. The molecule has 0 atom stereocenters. The van der Waals surface area contributed by atoms with Gasteiger partial charge in [-0.05, 0) is 41.8 Å². The van der Waals surface area contributed by atoms with E-state index in [0.717, 1.165) is 4.88 Å². The predicted molar refractivity (Wildman–Crippen MR) is 122 cm³/mol. The fraction of sp³-hybridized carbons (Fsp3) is 0.0870. The van der Waals surface area contributed by atoms with Crippen LogP contribution in [0.15, 0.2) is 66.0 Å². The Kier molecular flexibility index (Phi) is 6.16. The van der Waals surface area contributed by atoms with Gasteiger partial charge in [0.25, 0.3) is 5.91 Å². The van der Waals surface area contributed by atoms with Gasteiger partial charge in [0.2, 0.25) is 0 Å². The van der Waals surface area contributed by atoms with Gasteiger partial charge in [0.15, 0.2) is 6.61 Å². The summed E-state index contributed by atoms with van der Waals surface area (Å²) >= 11 is 7.60. The monoisotopic (exact) mass is 452 g/mol. The lowest BCUT2D eigenvalue weighted by Gasteiger charge is -2.10. The first-order valence-corrected chi connectivity index (χ1v) is 10.5. The number of thiophene rings is 1. The lowest BCUT2D eigenvalue weighted by Crippen LogP contribution is -2.21. The molecule has 2 heterocycles. The number of carbonyl (C=O) groups is 2. The summed E-state index contributed by atoms with van der Waals surface area (Å²) < 4.78 is 10.4. The molecule has 1 N–H and O–H groups in total. The third-order valence-electron chi connectivity index (χ3n) is 4.48. The molecule has 0 aliphatic carbocycles. The van der Waals surface area contributed by atoms with E-state index in [0.29, 0.717) is 38.6 Å². The number of hydrogen-bond acceptors (Lipinski definition) is 6. The van der Waals surface area contributed by atoms with Crippen molar-refractivity contribution in [3.8, 4) is 16.3 Å². The summed E-state index contributed by atoms with van der Waals surface area (Å²) in [6.45, 7) is -0.437. The number of para-hydroxylation sites is 1. The fourth-order valence-electron chi connectivity index (χ4n) is 3.04. The van der Waals surface area contributed by atoms with Gasteiger partial charge in [-0.1, -0.05) is 35.9 Å². The predicted octanol–water partition coefficient (Wildman–Crippen LogP) is 5.42. The molecule has 8 heteroatoms. The smallest absolute Gasteiger partial charge is 0.339 e. The second-order valence-corrected chi connectivity index (χ2v) is 7.88. The van der Waals surface area contributed by atoms with Crippen molar-refractivity contribution in [2.45, 2.75) is 0 Å². The van der Waals surface area contributed by atoms with Crippen LogP contribution >= 0.6 is 22.9 Å². The number of carbonyl (C=O) groups excluding carboxylic acids is 2. The maximum atomic E-state index is 12.8. The average Bonchev–Trinajstić information content (AvgIpc) is 3.32. The molecule has 2 aromatic heterocycles. The van der Waals surface area contributed by atoms with Gasteiger partial charge in [-0.25, -0.2) is 9.78 Å². The Morgan fingerprint density at radius 3 is 2.68 bits per heavy atom. The van der Waals surface area contributed by atoms with E-state index in [9.17, 15) is 9.59 Å². The van der Waals surface area contributed by atoms with E-state index < -0.39 is 18.5 Å². The van der Waals surface area contributed by atoms with Gasteiger partial charge in [0.05, 0.1) is 33.8 Å². The number of hydrogen-bond donors (Lipinski definition) is 1.